The van der Waals surface area contributed by atoms with Gasteiger partial charge >= 0.3 is 29.6 Å². The molecular formula is C18H37NaO4S. The zero-order valence-electron chi connectivity index (χ0n) is 16.1. The van der Waals surface area contributed by atoms with Crippen LogP contribution in [0.4, 0.5) is 0 Å². The predicted octanol–water partition coefficient (Wildman–Crippen LogP) is 1.77. The molecule has 0 bridgehead atoms. The van der Waals surface area contributed by atoms with Gasteiger partial charge in [-0.05, 0) is 25.7 Å². The van der Waals surface area contributed by atoms with Crippen LogP contribution in [-0.2, 0) is 10.1 Å². The maximum absolute atomic E-state index is 11.1. The Bertz CT molecular complexity index is 360. The Morgan fingerprint density at radius 3 is 1.71 bits per heavy atom. The minimum Gasteiger partial charge on any atom is -0.748 e. The summed E-state index contributed by atoms with van der Waals surface area (Å²) in [6, 6.07) is 0. The minimum atomic E-state index is -4.15. The van der Waals surface area contributed by atoms with Gasteiger partial charge in [-0.15, -0.1) is 0 Å². The molecule has 0 aromatic carbocycles. The van der Waals surface area contributed by atoms with E-state index in [-0.39, 0.29) is 35.7 Å². The summed E-state index contributed by atoms with van der Waals surface area (Å²) >= 11 is 0. The Kier molecular flexibility index (Phi) is 19.5. The molecule has 1 N–H and O–H groups in total. The summed E-state index contributed by atoms with van der Waals surface area (Å²) in [5.74, 6) is 0. The van der Waals surface area contributed by atoms with E-state index in [2.05, 4.69) is 6.92 Å². The van der Waals surface area contributed by atoms with Crippen molar-refractivity contribution in [1.29, 1.82) is 0 Å². The van der Waals surface area contributed by atoms with E-state index in [9.17, 15) is 18.1 Å². The van der Waals surface area contributed by atoms with E-state index in [1.54, 1.807) is 0 Å². The van der Waals surface area contributed by atoms with Gasteiger partial charge in [0.1, 0.15) is 0 Å². The van der Waals surface area contributed by atoms with Gasteiger partial charge in [0.2, 0.25) is 0 Å². The van der Waals surface area contributed by atoms with E-state index in [1.807, 2.05) is 6.92 Å². The van der Waals surface area contributed by atoms with Crippen molar-refractivity contribution in [2.75, 3.05) is 0 Å². The third-order valence-electron chi connectivity index (χ3n) is 4.47. The molecule has 0 fully saturated rings. The van der Waals surface area contributed by atoms with Gasteiger partial charge in [-0.2, -0.15) is 0 Å². The Labute approximate surface area is 172 Å². The number of rotatable bonds is 16. The molecule has 0 amide bonds. The first-order chi connectivity index (χ1) is 10.9. The van der Waals surface area contributed by atoms with Crippen LogP contribution in [0.5, 0.6) is 0 Å². The molecule has 140 valence electrons. The zero-order valence-corrected chi connectivity index (χ0v) is 19.0. The van der Waals surface area contributed by atoms with Crippen molar-refractivity contribution in [2.24, 2.45) is 0 Å². The van der Waals surface area contributed by atoms with Crippen molar-refractivity contribution in [3.05, 3.63) is 0 Å². The second-order valence-electron chi connectivity index (χ2n) is 6.75. The molecule has 0 rings (SSSR count). The molecule has 24 heavy (non-hydrogen) atoms. The third kappa shape index (κ3) is 16.3. The van der Waals surface area contributed by atoms with Gasteiger partial charge in [0, 0.05) is 5.25 Å². The number of aliphatic hydroxyl groups excluding tert-OH is 1. The summed E-state index contributed by atoms with van der Waals surface area (Å²) in [7, 11) is -4.15. The van der Waals surface area contributed by atoms with Crippen molar-refractivity contribution in [1.82, 2.24) is 0 Å². The van der Waals surface area contributed by atoms with E-state index in [1.165, 1.54) is 32.1 Å². The number of unbranched alkanes of at least 4 members (excludes halogenated alkanes) is 7. The van der Waals surface area contributed by atoms with Crippen LogP contribution < -0.4 is 29.6 Å². The fourth-order valence-corrected chi connectivity index (χ4v) is 3.97. The Morgan fingerprint density at radius 1 is 0.750 bits per heavy atom. The summed E-state index contributed by atoms with van der Waals surface area (Å²) in [6.07, 6.45) is 13.1. The van der Waals surface area contributed by atoms with Crippen LogP contribution in [0.3, 0.4) is 0 Å². The van der Waals surface area contributed by atoms with E-state index in [0.717, 1.165) is 44.9 Å². The summed E-state index contributed by atoms with van der Waals surface area (Å²) in [6.45, 7) is 4.11. The van der Waals surface area contributed by atoms with Crippen LogP contribution in [0.2, 0.25) is 0 Å². The second kappa shape index (κ2) is 17.3. The summed E-state index contributed by atoms with van der Waals surface area (Å²) in [4.78, 5) is 0. The molecule has 0 heterocycles. The second-order valence-corrected chi connectivity index (χ2v) is 8.40. The summed E-state index contributed by atoms with van der Waals surface area (Å²) in [5.41, 5.74) is 0. The first-order valence-corrected chi connectivity index (χ1v) is 11.0. The Hall–Kier alpha value is 0.870. The molecule has 2 unspecified atom stereocenters. The standard InChI is InChI=1S/C18H38O4S.Na/c1-3-5-6-7-8-10-14-17(19)15-11-9-12-16-18(13-4-2)23(20,21)22;/h17-19H,3-16H2,1-2H3,(H,20,21,22);/q;+1/p-1. The molecule has 0 aromatic rings. The average molecular weight is 373 g/mol. The van der Waals surface area contributed by atoms with Crippen LogP contribution in [0.15, 0.2) is 0 Å². The van der Waals surface area contributed by atoms with Crippen molar-refractivity contribution in [3.8, 4) is 0 Å². The van der Waals surface area contributed by atoms with Gasteiger partial charge in [-0.25, -0.2) is 8.42 Å². The monoisotopic (exact) mass is 372 g/mol. The van der Waals surface area contributed by atoms with Gasteiger partial charge in [-0.3, -0.25) is 0 Å². The van der Waals surface area contributed by atoms with Crippen LogP contribution in [0.25, 0.3) is 0 Å². The Morgan fingerprint density at radius 2 is 1.21 bits per heavy atom. The van der Waals surface area contributed by atoms with Gasteiger partial charge in [0.15, 0.2) is 0 Å². The van der Waals surface area contributed by atoms with E-state index in [0.29, 0.717) is 12.8 Å². The first-order valence-electron chi connectivity index (χ1n) is 9.54. The molecule has 6 heteroatoms. The molecule has 0 saturated heterocycles. The molecular weight excluding hydrogens is 335 g/mol. The first kappa shape index (κ1) is 27.1. The largest absolute Gasteiger partial charge is 1.00 e. The van der Waals surface area contributed by atoms with E-state index >= 15 is 0 Å². The predicted molar refractivity (Wildman–Crippen MR) is 95.5 cm³/mol. The molecule has 2 atom stereocenters. The van der Waals surface area contributed by atoms with Crippen molar-refractivity contribution >= 4 is 10.1 Å². The van der Waals surface area contributed by atoms with Gasteiger partial charge in [0.05, 0.1) is 16.2 Å². The molecule has 0 aliphatic carbocycles. The van der Waals surface area contributed by atoms with Crippen LogP contribution in [0.1, 0.15) is 104 Å². The Balaban J connectivity index is 0. The third-order valence-corrected chi connectivity index (χ3v) is 5.76. The maximum atomic E-state index is 11.1. The quantitative estimate of drug-likeness (QED) is 0.254. The molecule has 4 nitrogen and oxygen atoms in total. The number of hydrogen-bond donors (Lipinski definition) is 1. The summed E-state index contributed by atoms with van der Waals surface area (Å²) in [5, 5.41) is 9.21. The van der Waals surface area contributed by atoms with E-state index < -0.39 is 15.4 Å². The SMILES string of the molecule is CCCCCCCCC(O)CCCCCC(CCC)S(=O)(=O)[O-].[Na+]. The topological polar surface area (TPSA) is 77.4 Å². The van der Waals surface area contributed by atoms with Crippen LogP contribution in [-0.4, -0.2) is 29.4 Å². The summed E-state index contributed by atoms with van der Waals surface area (Å²) < 4.78 is 33.3. The molecule has 0 aliphatic heterocycles. The fraction of sp³-hybridized carbons (Fsp3) is 1.00. The van der Waals surface area contributed by atoms with Gasteiger partial charge in [0.25, 0.3) is 0 Å². The van der Waals surface area contributed by atoms with Gasteiger partial charge in [-0.1, -0.05) is 78.1 Å². The van der Waals surface area contributed by atoms with Crippen molar-refractivity contribution in [2.45, 2.75) is 115 Å². The number of hydrogen-bond acceptors (Lipinski definition) is 4. The molecule has 0 aromatic heterocycles. The molecule has 0 saturated carbocycles. The van der Waals surface area contributed by atoms with Gasteiger partial charge < -0.3 is 9.66 Å². The average Bonchev–Trinajstić information content (AvgIpc) is 2.48. The smallest absolute Gasteiger partial charge is 0.748 e. The normalized spacial score (nSPS) is 14.2. The van der Waals surface area contributed by atoms with Crippen molar-refractivity contribution in [3.63, 3.8) is 0 Å². The molecule has 0 spiro atoms. The van der Waals surface area contributed by atoms with Crippen LogP contribution in [0, 0.1) is 0 Å². The maximum Gasteiger partial charge on any atom is 1.00 e. The number of aliphatic hydroxyl groups is 1. The van der Waals surface area contributed by atoms with E-state index in [4.69, 9.17) is 0 Å². The molecule has 0 radical (unpaired) electrons. The minimum absolute atomic E-state index is 0. The molecule has 0 aliphatic rings. The fourth-order valence-electron chi connectivity index (χ4n) is 2.99. The van der Waals surface area contributed by atoms with Crippen LogP contribution >= 0.6 is 0 Å². The zero-order chi connectivity index (χ0) is 17.6. The van der Waals surface area contributed by atoms with Crippen molar-refractivity contribution < 1.29 is 47.6 Å².